The fourth-order valence-electron chi connectivity index (χ4n) is 1.76. The lowest BCUT2D eigenvalue weighted by molar-refractivity contribution is -0.122. The van der Waals surface area contributed by atoms with Crippen molar-refractivity contribution < 1.29 is 14.3 Å². The minimum Gasteiger partial charge on any atom is -0.497 e. The van der Waals surface area contributed by atoms with Crippen LogP contribution in [0.15, 0.2) is 24.3 Å². The van der Waals surface area contributed by atoms with E-state index in [1.54, 1.807) is 32.2 Å². The molecule has 0 aliphatic rings. The maximum Gasteiger partial charge on any atom is 0.266 e. The number of aryl methyl sites for hydroxylation is 1. The number of nitrogens with one attached hydrogen (secondary N) is 1. The fourth-order valence-corrected chi connectivity index (χ4v) is 2.60. The molecule has 0 fully saturated rings. The van der Waals surface area contributed by atoms with Gasteiger partial charge in [0, 0.05) is 12.5 Å². The van der Waals surface area contributed by atoms with Gasteiger partial charge in [0.25, 0.3) is 5.91 Å². The largest absolute Gasteiger partial charge is 0.497 e. The van der Waals surface area contributed by atoms with Crippen LogP contribution in [0, 0.1) is 0 Å². The van der Waals surface area contributed by atoms with E-state index in [1.807, 2.05) is 6.07 Å². The van der Waals surface area contributed by atoms with Crippen LogP contribution in [0.2, 0.25) is 0 Å². The van der Waals surface area contributed by atoms with Gasteiger partial charge in [0.15, 0.2) is 6.10 Å². The molecule has 0 aliphatic heterocycles. The molecule has 1 aromatic heterocycles. The summed E-state index contributed by atoms with van der Waals surface area (Å²) in [7, 11) is 1.58. The Morgan fingerprint density at radius 3 is 2.86 bits per heavy atom. The highest BCUT2D eigenvalue weighted by molar-refractivity contribution is 7.15. The molecule has 118 valence electrons. The number of carbonyl (C=O) groups excluding carboxylic acids is 1. The number of ether oxygens (including phenoxy) is 2. The fraction of sp³-hybridized carbons (Fsp3) is 0.400. The summed E-state index contributed by atoms with van der Waals surface area (Å²) < 4.78 is 10.7. The lowest BCUT2D eigenvalue weighted by Crippen LogP contribution is -2.30. The van der Waals surface area contributed by atoms with Crippen LogP contribution >= 0.6 is 11.3 Å². The minimum atomic E-state index is -0.648. The second-order valence-corrected chi connectivity index (χ2v) is 5.74. The Morgan fingerprint density at radius 1 is 1.36 bits per heavy atom. The Labute approximate surface area is 133 Å². The van der Waals surface area contributed by atoms with E-state index in [1.165, 1.54) is 11.3 Å². The molecule has 7 heteroatoms. The summed E-state index contributed by atoms with van der Waals surface area (Å²) in [4.78, 5) is 12.1. The van der Waals surface area contributed by atoms with E-state index in [-0.39, 0.29) is 5.91 Å². The molecule has 0 bridgehead atoms. The number of benzene rings is 1. The van der Waals surface area contributed by atoms with Gasteiger partial charge in [0.05, 0.1) is 7.11 Å². The highest BCUT2D eigenvalue weighted by Crippen LogP contribution is 2.21. The number of hydrogen-bond donors (Lipinski definition) is 1. The molecule has 6 nitrogen and oxygen atoms in total. The van der Waals surface area contributed by atoms with Crippen LogP contribution in [-0.4, -0.2) is 29.3 Å². The SMILES string of the molecule is CCCc1nnc(NC(=O)C(C)Oc2cccc(OC)c2)s1. The topological polar surface area (TPSA) is 73.3 Å². The van der Waals surface area contributed by atoms with E-state index in [0.29, 0.717) is 16.6 Å². The number of carbonyl (C=O) groups is 1. The standard InChI is InChI=1S/C15H19N3O3S/c1-4-6-13-17-18-15(22-13)16-14(19)10(2)21-12-8-5-7-11(9-12)20-3/h5,7-10H,4,6H2,1-3H3,(H,16,18,19). The van der Waals surface area contributed by atoms with E-state index in [9.17, 15) is 4.79 Å². The predicted molar refractivity (Wildman–Crippen MR) is 85.6 cm³/mol. The van der Waals surface area contributed by atoms with Gasteiger partial charge >= 0.3 is 0 Å². The normalized spacial score (nSPS) is 11.8. The van der Waals surface area contributed by atoms with Crippen LogP contribution in [-0.2, 0) is 11.2 Å². The molecule has 0 radical (unpaired) electrons. The van der Waals surface area contributed by atoms with Crippen molar-refractivity contribution in [2.75, 3.05) is 12.4 Å². The van der Waals surface area contributed by atoms with Crippen molar-refractivity contribution in [3.05, 3.63) is 29.3 Å². The van der Waals surface area contributed by atoms with Crippen LogP contribution in [0.4, 0.5) is 5.13 Å². The molecule has 2 aromatic rings. The first-order chi connectivity index (χ1) is 10.6. The van der Waals surface area contributed by atoms with Gasteiger partial charge in [-0.1, -0.05) is 24.3 Å². The molecule has 1 amide bonds. The average Bonchev–Trinajstić information content (AvgIpc) is 2.95. The lowest BCUT2D eigenvalue weighted by atomic mass is 10.3. The van der Waals surface area contributed by atoms with Gasteiger partial charge in [-0.3, -0.25) is 10.1 Å². The molecular weight excluding hydrogens is 302 g/mol. The van der Waals surface area contributed by atoms with Gasteiger partial charge in [-0.05, 0) is 25.5 Å². The molecule has 1 N–H and O–H groups in total. The molecule has 2 rings (SSSR count). The number of nitrogens with zero attached hydrogens (tertiary/aromatic N) is 2. The molecule has 1 heterocycles. The molecule has 22 heavy (non-hydrogen) atoms. The maximum absolute atomic E-state index is 12.1. The number of hydrogen-bond acceptors (Lipinski definition) is 6. The van der Waals surface area contributed by atoms with Gasteiger partial charge in [-0.15, -0.1) is 10.2 Å². The highest BCUT2D eigenvalue weighted by Gasteiger charge is 2.17. The summed E-state index contributed by atoms with van der Waals surface area (Å²) >= 11 is 1.39. The molecular formula is C15H19N3O3S. The third-order valence-corrected chi connectivity index (χ3v) is 3.78. The molecule has 1 unspecified atom stereocenters. The molecule has 0 spiro atoms. The van der Waals surface area contributed by atoms with Crippen molar-refractivity contribution in [3.8, 4) is 11.5 Å². The molecule has 0 saturated carbocycles. The van der Waals surface area contributed by atoms with Crippen molar-refractivity contribution in [2.24, 2.45) is 0 Å². The quantitative estimate of drug-likeness (QED) is 0.849. The number of aromatic nitrogens is 2. The van der Waals surface area contributed by atoms with E-state index >= 15 is 0 Å². The van der Waals surface area contributed by atoms with Gasteiger partial charge in [-0.2, -0.15) is 0 Å². The molecule has 1 aromatic carbocycles. The van der Waals surface area contributed by atoms with E-state index in [2.05, 4.69) is 22.4 Å². The highest BCUT2D eigenvalue weighted by atomic mass is 32.1. The van der Waals surface area contributed by atoms with Gasteiger partial charge in [0.1, 0.15) is 16.5 Å². The molecule has 1 atom stereocenters. The van der Waals surface area contributed by atoms with Crippen molar-refractivity contribution in [1.82, 2.24) is 10.2 Å². The Morgan fingerprint density at radius 2 is 2.14 bits per heavy atom. The van der Waals surface area contributed by atoms with Crippen LogP contribution in [0.25, 0.3) is 0 Å². The Kier molecular flexibility index (Phi) is 5.71. The van der Waals surface area contributed by atoms with Crippen LogP contribution in [0.3, 0.4) is 0 Å². The number of rotatable bonds is 7. The minimum absolute atomic E-state index is 0.262. The lowest BCUT2D eigenvalue weighted by Gasteiger charge is -2.14. The van der Waals surface area contributed by atoms with E-state index in [4.69, 9.17) is 9.47 Å². The zero-order valence-corrected chi connectivity index (χ0v) is 13.6. The van der Waals surface area contributed by atoms with Crippen molar-refractivity contribution >= 4 is 22.4 Å². The summed E-state index contributed by atoms with van der Waals surface area (Å²) in [6.45, 7) is 3.76. The first-order valence-electron chi connectivity index (χ1n) is 7.06. The first-order valence-corrected chi connectivity index (χ1v) is 7.88. The monoisotopic (exact) mass is 321 g/mol. The van der Waals surface area contributed by atoms with E-state index < -0.39 is 6.10 Å². The van der Waals surface area contributed by atoms with Crippen molar-refractivity contribution in [3.63, 3.8) is 0 Å². The maximum atomic E-state index is 12.1. The van der Waals surface area contributed by atoms with Crippen molar-refractivity contribution in [1.29, 1.82) is 0 Å². The first kappa shape index (κ1) is 16.2. The third-order valence-electron chi connectivity index (χ3n) is 2.88. The zero-order valence-electron chi connectivity index (χ0n) is 12.8. The average molecular weight is 321 g/mol. The number of methoxy groups -OCH3 is 1. The summed E-state index contributed by atoms with van der Waals surface area (Å²) in [5.41, 5.74) is 0. The molecule has 0 saturated heterocycles. The number of anilines is 1. The van der Waals surface area contributed by atoms with E-state index in [0.717, 1.165) is 17.8 Å². The Bertz CT molecular complexity index is 630. The summed E-state index contributed by atoms with van der Waals surface area (Å²) in [6.07, 6.45) is 1.21. The van der Waals surface area contributed by atoms with Gasteiger partial charge in [-0.25, -0.2) is 0 Å². The van der Waals surface area contributed by atoms with Gasteiger partial charge in [0.2, 0.25) is 5.13 Å². The molecule has 0 aliphatic carbocycles. The van der Waals surface area contributed by atoms with Crippen LogP contribution < -0.4 is 14.8 Å². The summed E-state index contributed by atoms with van der Waals surface area (Å²) in [5, 5.41) is 12.1. The Hall–Kier alpha value is -2.15. The number of amides is 1. The van der Waals surface area contributed by atoms with Crippen LogP contribution in [0.1, 0.15) is 25.3 Å². The third kappa shape index (κ3) is 4.42. The second-order valence-electron chi connectivity index (χ2n) is 4.68. The predicted octanol–water partition coefficient (Wildman–Crippen LogP) is 2.91. The van der Waals surface area contributed by atoms with Crippen molar-refractivity contribution in [2.45, 2.75) is 32.8 Å². The zero-order chi connectivity index (χ0) is 15.9. The van der Waals surface area contributed by atoms with Gasteiger partial charge < -0.3 is 9.47 Å². The second kappa shape index (κ2) is 7.74. The smallest absolute Gasteiger partial charge is 0.266 e. The van der Waals surface area contributed by atoms with Crippen LogP contribution in [0.5, 0.6) is 11.5 Å². The Balaban J connectivity index is 1.93. The summed E-state index contributed by atoms with van der Waals surface area (Å²) in [5.74, 6) is 0.992. The summed E-state index contributed by atoms with van der Waals surface area (Å²) in [6, 6.07) is 7.12.